The Morgan fingerprint density at radius 2 is 0.604 bits per heavy atom. The van der Waals surface area contributed by atoms with Crippen LogP contribution in [0, 0.1) is 82.9 Å². The van der Waals surface area contributed by atoms with Gasteiger partial charge in [-0.15, -0.1) is 0 Å². The lowest BCUT2D eigenvalue weighted by Crippen LogP contribution is -2.13. The number of pyridine rings is 4. The summed E-state index contributed by atoms with van der Waals surface area (Å²) < 4.78 is 175. The summed E-state index contributed by atoms with van der Waals surface area (Å²) >= 11 is 0. The molecule has 12 heterocycles. The highest BCUT2D eigenvalue weighted by molar-refractivity contribution is 6.08. The molecule has 0 aliphatic carbocycles. The number of hydrogen-bond acceptors (Lipinski definition) is 22. The molecule has 0 atom stereocenters. The molecule has 8 aromatic carbocycles. The van der Waals surface area contributed by atoms with E-state index in [0.717, 1.165) is 67.4 Å². The molecule has 0 saturated heterocycles. The van der Waals surface area contributed by atoms with Crippen LogP contribution < -0.4 is 42.5 Å². The minimum Gasteiger partial charge on any atom is -0.324 e. The number of carbonyl (C=O) groups excluding carboxylic acids is 4. The molecule has 0 bridgehead atoms. The molecule has 30 heteroatoms. The van der Waals surface area contributed by atoms with Gasteiger partial charge in [0.25, 0.3) is 23.6 Å². The van der Waals surface area contributed by atoms with E-state index in [0.29, 0.717) is 79.0 Å². The van der Waals surface area contributed by atoms with E-state index in [4.69, 9.17) is 27.4 Å². The molecule has 144 heavy (non-hydrogen) atoms. The number of imidazole rings is 2. The second-order valence-electron chi connectivity index (χ2n) is 32.9. The fraction of sp³-hybridized carbons (Fsp3) is 0.105. The molecule has 0 aliphatic rings. The summed E-state index contributed by atoms with van der Waals surface area (Å²) in [6, 6.07) is 40.6. The highest BCUT2D eigenvalue weighted by atomic mass is 16.2. The van der Waals surface area contributed by atoms with Crippen LogP contribution in [0.4, 0.5) is 69.3 Å². The van der Waals surface area contributed by atoms with Crippen molar-refractivity contribution < 1.29 is 46.6 Å². The second kappa shape index (κ2) is 44.5. The monoisotopic (exact) mass is 1920 g/mol. The smallest absolute Gasteiger partial charge is 0.255 e. The van der Waals surface area contributed by atoms with E-state index >= 15 is 0 Å². The van der Waals surface area contributed by atoms with Crippen LogP contribution >= 0.6 is 0 Å². The lowest BCUT2D eigenvalue weighted by Gasteiger charge is -2.13. The molecular weight excluding hydrogens is 1800 g/mol. The van der Waals surface area contributed by atoms with Crippen molar-refractivity contribution in [1.29, 1.82) is 0 Å². The minimum absolute atomic E-state index is 0.0517. The average Bonchev–Trinajstić information content (AvgIpc) is 1.22. The van der Waals surface area contributed by atoms with Gasteiger partial charge in [-0.1, -0.05) is 24.2 Å². The van der Waals surface area contributed by atoms with E-state index < -0.39 is 95.8 Å². The standard InChI is InChI=1S/2C29H26N6O.2C28H25N7O/c2*1-19-9-12-35(18-19)25-14-20(2)13-24(16-25)32-28(36)22-7-6-21(3)27(15-22)34-29-31-11-8-26(33-29)23-5-4-10-30-17-23;2*1-18-11-23(14-24(12-18)35-16-20(3)31-17-35)32-27(36)21-7-6-19(2)26(13-21)34-28-30-10-8-25(33-28)22-5-4-9-29-15-22/h2*4-18H,1-3H3,(H,32,36)(H,31,33,34);2*4-17H,1-3H3,(H,32,36)(H,30,33,34)/i6D,7D,12D,15D,18D;3D3,6D,7D,15D;2D3,6D,7D,13D;6D,7D,13D. The third kappa shape index (κ3) is 25.2. The predicted octanol–water partition coefficient (Wildman–Crippen LogP) is 23.8. The Morgan fingerprint density at radius 3 is 0.875 bits per heavy atom. The van der Waals surface area contributed by atoms with Crippen molar-refractivity contribution in [3.8, 4) is 67.8 Å². The van der Waals surface area contributed by atoms with Crippen LogP contribution in [0.3, 0.4) is 0 Å². The first-order valence-electron chi connectivity index (χ1n) is 54.7. The number of aryl methyl sites for hydroxylation is 8. The van der Waals surface area contributed by atoms with Crippen LogP contribution in [0.25, 0.3) is 67.8 Å². The van der Waals surface area contributed by atoms with Crippen molar-refractivity contribution in [3.63, 3.8) is 0 Å². The lowest BCUT2D eigenvalue weighted by molar-refractivity contribution is 0.101. The summed E-state index contributed by atoms with van der Waals surface area (Å²) in [6.45, 7) is 12.4. The maximum absolute atomic E-state index is 13.5. The van der Waals surface area contributed by atoms with Gasteiger partial charge < -0.3 is 60.8 Å². The predicted molar refractivity (Wildman–Crippen MR) is 567 cm³/mol. The number of hydrogen-bond donors (Lipinski definition) is 8. The van der Waals surface area contributed by atoms with E-state index in [9.17, 15) is 19.2 Å². The van der Waals surface area contributed by atoms with E-state index in [1.54, 1.807) is 221 Å². The summed E-state index contributed by atoms with van der Waals surface area (Å²) in [7, 11) is 0. The van der Waals surface area contributed by atoms with Crippen LogP contribution in [0.2, 0.25) is 0 Å². The number of nitrogens with one attached hydrogen (secondary N) is 8. The summed E-state index contributed by atoms with van der Waals surface area (Å²) in [5, 5.41) is 22.4. The zero-order valence-corrected chi connectivity index (χ0v) is 79.1. The molecule has 0 spiro atoms. The van der Waals surface area contributed by atoms with Crippen molar-refractivity contribution in [2.24, 2.45) is 0 Å². The summed E-state index contributed by atoms with van der Waals surface area (Å²) in [6.07, 6.45) is 30.3. The largest absolute Gasteiger partial charge is 0.324 e. The van der Waals surface area contributed by atoms with Gasteiger partial charge in [0, 0.05) is 232 Å². The van der Waals surface area contributed by atoms with E-state index in [1.165, 1.54) is 17.0 Å². The molecule has 8 N–H and O–H groups in total. The number of rotatable bonds is 24. The Kier molecular flexibility index (Phi) is 22.8. The maximum Gasteiger partial charge on any atom is 0.255 e. The van der Waals surface area contributed by atoms with Gasteiger partial charge in [-0.2, -0.15) is 0 Å². The van der Waals surface area contributed by atoms with Crippen molar-refractivity contribution >= 4 is 92.9 Å². The normalized spacial score (nSPS) is 12.9. The van der Waals surface area contributed by atoms with Gasteiger partial charge in [0.2, 0.25) is 23.8 Å². The van der Waals surface area contributed by atoms with Crippen LogP contribution in [0.15, 0.2) is 354 Å². The first kappa shape index (κ1) is 73.9. The highest BCUT2D eigenvalue weighted by Gasteiger charge is 2.20. The average molecular weight is 1920 g/mol. The quantitative estimate of drug-likeness (QED) is 0.0278. The minimum atomic E-state index is -2.88. The fourth-order valence-electron chi connectivity index (χ4n) is 14.5. The number of carbonyl (C=O) groups is 4. The number of amides is 4. The number of benzene rings is 8. The molecule has 0 fully saturated rings. The van der Waals surface area contributed by atoms with Crippen LogP contribution in [-0.2, 0) is 0 Å². The zero-order valence-electron chi connectivity index (χ0n) is 99.1. The molecule has 712 valence electrons. The van der Waals surface area contributed by atoms with Crippen molar-refractivity contribution in [2.45, 2.75) is 82.9 Å². The molecule has 0 unspecified atom stereocenters. The van der Waals surface area contributed by atoms with Gasteiger partial charge in [-0.05, 0) is 345 Å². The summed E-state index contributed by atoms with van der Waals surface area (Å²) in [4.78, 5) is 113. The van der Waals surface area contributed by atoms with Gasteiger partial charge in [0.1, 0.15) is 0 Å². The molecule has 0 radical (unpaired) electrons. The molecule has 0 aliphatic heterocycles. The lowest BCUT2D eigenvalue weighted by atomic mass is 10.1. The Morgan fingerprint density at radius 1 is 0.299 bits per heavy atom. The molecule has 4 amide bonds. The van der Waals surface area contributed by atoms with Gasteiger partial charge in [0.15, 0.2) is 0 Å². The maximum atomic E-state index is 13.5. The number of anilines is 12. The van der Waals surface area contributed by atoms with E-state index in [1.807, 2.05) is 119 Å². The van der Waals surface area contributed by atoms with Gasteiger partial charge >= 0.3 is 0 Å². The Labute approximate surface area is 860 Å². The van der Waals surface area contributed by atoms with Crippen molar-refractivity contribution in [2.75, 3.05) is 42.5 Å². The number of aromatic nitrogens is 18. The van der Waals surface area contributed by atoms with Gasteiger partial charge in [-0.3, -0.25) is 39.1 Å². The molecular formula is C114H102N26O4. The Bertz CT molecular complexity index is 8940. The van der Waals surface area contributed by atoms with Gasteiger partial charge in [-0.25, -0.2) is 49.8 Å². The third-order valence-electron chi connectivity index (χ3n) is 21.3. The summed E-state index contributed by atoms with van der Waals surface area (Å²) in [5.74, 6) is -2.83. The Balaban J connectivity index is 0.000000146. The Hall–Kier alpha value is -19.3. The third-order valence-corrected chi connectivity index (χ3v) is 21.3. The molecule has 30 nitrogen and oxygen atoms in total. The molecule has 20 aromatic rings. The highest BCUT2D eigenvalue weighted by Crippen LogP contribution is 2.33. The molecule has 20 rings (SSSR count). The summed E-state index contributed by atoms with van der Waals surface area (Å²) in [5.41, 5.74) is 14.0. The van der Waals surface area contributed by atoms with Crippen molar-refractivity contribution in [1.82, 2.24) is 88.0 Å². The fourth-order valence-corrected chi connectivity index (χ4v) is 14.5. The van der Waals surface area contributed by atoms with Crippen LogP contribution in [0.5, 0.6) is 0 Å². The van der Waals surface area contributed by atoms with E-state index in [-0.39, 0.29) is 106 Å². The first-order chi connectivity index (χ1) is 78.1. The molecule has 12 aromatic heterocycles. The first-order valence-corrected chi connectivity index (χ1v) is 44.7. The second-order valence-corrected chi connectivity index (χ2v) is 32.9. The molecule has 0 saturated carbocycles. The van der Waals surface area contributed by atoms with Crippen LogP contribution in [0.1, 0.15) is 136 Å². The SMILES string of the molecule is [2H]c1c([2H])c(C(=O)Nc2cc(C)cc(-n3c([2H])cc(C)c3[2H])c2)c([2H])c(Nc2nccc(-c3cccnc3)n2)c1C.[2H]c1c([2H])c(C(=O)Nc2cc(C)cc(-n3cnc(C)c3)c2)c([2H])c(Nc2nccc(-c3cccnc3)n2)c1C.[2H]c1c([2H])c(C([2H])([2H])[2H])c(Nc2nccc(-c3cccnc3)n2)c([2H])c1C(=O)Nc1cc(C)cc(-n2ccc(C)c2)c1.[2H]c1c([2H])c(C([2H])([2H])[2H])c(Nc2nccc(-c3cccnc3)n2)c([2H])c1C(=O)Nc1cc(C)cc(-n2cnc(C)c2)c1. The zero-order chi connectivity index (χ0) is 117. The number of nitrogens with zero attached hydrogens (tertiary/aromatic N) is 18. The van der Waals surface area contributed by atoms with Crippen LogP contribution in [-0.4, -0.2) is 112 Å². The van der Waals surface area contributed by atoms with Crippen molar-refractivity contribution in [3.05, 3.63) is 444 Å². The van der Waals surface area contributed by atoms with E-state index in [2.05, 4.69) is 112 Å². The van der Waals surface area contributed by atoms with Gasteiger partial charge in [0.05, 0.1) is 66.0 Å². The topological polar surface area (TPSA) is 365 Å².